The van der Waals surface area contributed by atoms with E-state index in [1.165, 1.54) is 23.9 Å². The van der Waals surface area contributed by atoms with Crippen molar-refractivity contribution in [2.45, 2.75) is 32.5 Å². The highest BCUT2D eigenvalue weighted by atomic mass is 79.9. The average Bonchev–Trinajstić information content (AvgIpc) is 3.18. The van der Waals surface area contributed by atoms with Gasteiger partial charge >= 0.3 is 0 Å². The highest BCUT2D eigenvalue weighted by Crippen LogP contribution is 2.25. The topological polar surface area (TPSA) is 77.6 Å². The predicted molar refractivity (Wildman–Crippen MR) is 115 cm³/mol. The first-order valence-corrected chi connectivity index (χ1v) is 10.8. The van der Waals surface area contributed by atoms with Crippen molar-refractivity contribution in [1.82, 2.24) is 24.5 Å². The predicted octanol–water partition coefficient (Wildman–Crippen LogP) is 4.28. The maximum absolute atomic E-state index is 13.9. The van der Waals surface area contributed by atoms with Gasteiger partial charge in [0.1, 0.15) is 11.5 Å². The number of aromatic nitrogens is 5. The van der Waals surface area contributed by atoms with E-state index >= 15 is 0 Å². The Morgan fingerprint density at radius 2 is 2.07 bits per heavy atom. The average molecular weight is 481 g/mol. The molecular formula is C19H22BrFN6OS. The monoisotopic (exact) mass is 480 g/mol. The van der Waals surface area contributed by atoms with Crippen LogP contribution < -0.4 is 5.32 Å². The number of nitrogens with zero attached hydrogens (tertiary/aromatic N) is 5. The number of thioether (sulfide) groups is 1. The molecule has 0 unspecified atom stereocenters. The molecule has 1 aromatic carbocycles. The number of aryl methyl sites for hydroxylation is 2. The molecule has 10 heteroatoms. The molecule has 2 heterocycles. The fourth-order valence-electron chi connectivity index (χ4n) is 2.69. The molecule has 0 aliphatic heterocycles. The van der Waals surface area contributed by atoms with Gasteiger partial charge in [-0.1, -0.05) is 41.5 Å². The minimum absolute atomic E-state index is 0.0903. The number of carbonyl (C=O) groups is 1. The Balaban J connectivity index is 1.75. The number of hydrogen-bond donors (Lipinski definition) is 1. The van der Waals surface area contributed by atoms with Gasteiger partial charge in [0, 0.05) is 23.8 Å². The third-order valence-corrected chi connectivity index (χ3v) is 5.61. The molecule has 0 saturated heterocycles. The molecule has 3 rings (SSSR count). The summed E-state index contributed by atoms with van der Waals surface area (Å²) >= 11 is 4.46. The van der Waals surface area contributed by atoms with Crippen LogP contribution in [0.2, 0.25) is 0 Å². The summed E-state index contributed by atoms with van der Waals surface area (Å²) in [7, 11) is 1.88. The van der Waals surface area contributed by atoms with Gasteiger partial charge in [0.25, 0.3) is 0 Å². The third-order valence-electron chi connectivity index (χ3n) is 4.15. The second-order valence-corrected chi connectivity index (χ2v) is 8.92. The molecule has 0 bridgehead atoms. The van der Waals surface area contributed by atoms with E-state index in [1.807, 2.05) is 24.6 Å². The van der Waals surface area contributed by atoms with Gasteiger partial charge in [0.05, 0.1) is 11.4 Å². The number of nitrogens with one attached hydrogen (secondary N) is 1. The molecule has 0 fully saturated rings. The fourth-order valence-corrected chi connectivity index (χ4v) is 3.77. The second kappa shape index (κ2) is 9.08. The quantitative estimate of drug-likeness (QED) is 0.510. The van der Waals surface area contributed by atoms with Gasteiger partial charge in [0.15, 0.2) is 11.0 Å². The number of benzene rings is 1. The van der Waals surface area contributed by atoms with Crippen molar-refractivity contribution in [2.75, 3.05) is 11.1 Å². The van der Waals surface area contributed by atoms with Gasteiger partial charge in [-0.15, -0.1) is 10.2 Å². The van der Waals surface area contributed by atoms with Gasteiger partial charge in [-0.25, -0.2) is 4.39 Å². The summed E-state index contributed by atoms with van der Waals surface area (Å²) < 4.78 is 18.3. The third kappa shape index (κ3) is 5.24. The summed E-state index contributed by atoms with van der Waals surface area (Å²) in [6, 6.07) is 6.46. The largest absolute Gasteiger partial charge is 0.323 e. The number of halogens is 2. The van der Waals surface area contributed by atoms with Crippen LogP contribution in [0.1, 0.15) is 19.5 Å². The van der Waals surface area contributed by atoms with Crippen molar-refractivity contribution in [2.24, 2.45) is 13.0 Å². The molecule has 0 atom stereocenters. The first kappa shape index (κ1) is 21.5. The lowest BCUT2D eigenvalue weighted by Gasteiger charge is -2.11. The summed E-state index contributed by atoms with van der Waals surface area (Å²) in [5.74, 6) is 0.315. The van der Waals surface area contributed by atoms with Crippen molar-refractivity contribution >= 4 is 39.3 Å². The zero-order chi connectivity index (χ0) is 21.1. The van der Waals surface area contributed by atoms with Crippen LogP contribution in [0, 0.1) is 18.7 Å². The maximum atomic E-state index is 13.9. The van der Waals surface area contributed by atoms with Crippen molar-refractivity contribution in [3.63, 3.8) is 0 Å². The van der Waals surface area contributed by atoms with Crippen molar-refractivity contribution in [1.29, 1.82) is 0 Å². The first-order chi connectivity index (χ1) is 13.7. The molecule has 0 aliphatic rings. The van der Waals surface area contributed by atoms with E-state index in [1.54, 1.807) is 10.7 Å². The number of anilines is 1. The summed E-state index contributed by atoms with van der Waals surface area (Å²) in [5, 5.41) is 16.3. The van der Waals surface area contributed by atoms with Gasteiger partial charge in [0.2, 0.25) is 5.91 Å². The minimum Gasteiger partial charge on any atom is -0.323 e. The van der Waals surface area contributed by atoms with E-state index in [-0.39, 0.29) is 17.3 Å². The standard InChI is InChI=1S/C19H22BrFN6OS/c1-11(2)9-27-18(16-7-12(3)26(4)25-16)23-24-19(27)29-10-17(28)22-15-6-5-13(20)8-14(15)21/h5-8,11H,9-10H2,1-4H3,(H,22,28). The molecule has 3 aromatic rings. The van der Waals surface area contributed by atoms with Gasteiger partial charge in [-0.2, -0.15) is 5.10 Å². The Morgan fingerprint density at radius 1 is 1.31 bits per heavy atom. The van der Waals surface area contributed by atoms with Crippen LogP contribution in [-0.4, -0.2) is 36.2 Å². The lowest BCUT2D eigenvalue weighted by atomic mass is 10.2. The van der Waals surface area contributed by atoms with Crippen LogP contribution in [0.15, 0.2) is 33.9 Å². The molecule has 1 N–H and O–H groups in total. The number of rotatable bonds is 7. The van der Waals surface area contributed by atoms with Crippen LogP contribution in [-0.2, 0) is 18.4 Å². The number of carbonyl (C=O) groups excluding carboxylic acids is 1. The Bertz CT molecular complexity index is 1010. The van der Waals surface area contributed by atoms with E-state index in [4.69, 9.17) is 0 Å². The molecule has 0 saturated carbocycles. The van der Waals surface area contributed by atoms with E-state index in [9.17, 15) is 9.18 Å². The molecule has 7 nitrogen and oxygen atoms in total. The molecule has 0 radical (unpaired) electrons. The lowest BCUT2D eigenvalue weighted by molar-refractivity contribution is -0.113. The second-order valence-electron chi connectivity index (χ2n) is 7.07. The zero-order valence-corrected chi connectivity index (χ0v) is 19.0. The first-order valence-electron chi connectivity index (χ1n) is 9.06. The highest BCUT2D eigenvalue weighted by molar-refractivity contribution is 9.10. The molecule has 154 valence electrons. The van der Waals surface area contributed by atoms with Gasteiger partial charge in [-0.3, -0.25) is 9.48 Å². The van der Waals surface area contributed by atoms with Crippen molar-refractivity contribution < 1.29 is 9.18 Å². The number of amides is 1. The summed E-state index contributed by atoms with van der Waals surface area (Å²) in [5.41, 5.74) is 1.91. The van der Waals surface area contributed by atoms with Crippen LogP contribution in [0.3, 0.4) is 0 Å². The zero-order valence-electron chi connectivity index (χ0n) is 16.6. The van der Waals surface area contributed by atoms with Crippen LogP contribution in [0.25, 0.3) is 11.5 Å². The normalized spacial score (nSPS) is 11.3. The SMILES string of the molecule is Cc1cc(-c2nnc(SCC(=O)Nc3ccc(Br)cc3F)n2CC(C)C)nn1C. The van der Waals surface area contributed by atoms with Crippen LogP contribution >= 0.6 is 27.7 Å². The van der Waals surface area contributed by atoms with E-state index in [0.717, 1.165) is 11.4 Å². The summed E-state index contributed by atoms with van der Waals surface area (Å²) in [4.78, 5) is 12.3. The molecule has 0 aliphatic carbocycles. The van der Waals surface area contributed by atoms with E-state index < -0.39 is 5.82 Å². The minimum atomic E-state index is -0.492. The van der Waals surface area contributed by atoms with Crippen molar-refractivity contribution in [3.8, 4) is 11.5 Å². The van der Waals surface area contributed by atoms with Gasteiger partial charge < -0.3 is 9.88 Å². The molecule has 1 amide bonds. The van der Waals surface area contributed by atoms with E-state index in [2.05, 4.69) is 50.4 Å². The van der Waals surface area contributed by atoms with Crippen LogP contribution in [0.4, 0.5) is 10.1 Å². The Hall–Kier alpha value is -2.20. The van der Waals surface area contributed by atoms with Crippen molar-refractivity contribution in [3.05, 3.63) is 40.2 Å². The Kier molecular flexibility index (Phi) is 6.74. The molecule has 2 aromatic heterocycles. The fraction of sp³-hybridized carbons (Fsp3) is 0.368. The molecular weight excluding hydrogens is 459 g/mol. The van der Waals surface area contributed by atoms with Gasteiger partial charge in [-0.05, 0) is 37.1 Å². The molecule has 0 spiro atoms. The van der Waals surface area contributed by atoms with Crippen LogP contribution in [0.5, 0.6) is 0 Å². The summed E-state index contributed by atoms with van der Waals surface area (Å²) in [6.07, 6.45) is 0. The number of hydrogen-bond acceptors (Lipinski definition) is 5. The molecule has 29 heavy (non-hydrogen) atoms. The Labute approximate surface area is 181 Å². The Morgan fingerprint density at radius 3 is 2.69 bits per heavy atom. The maximum Gasteiger partial charge on any atom is 0.234 e. The lowest BCUT2D eigenvalue weighted by Crippen LogP contribution is -2.16. The highest BCUT2D eigenvalue weighted by Gasteiger charge is 2.19. The summed E-state index contributed by atoms with van der Waals surface area (Å²) in [6.45, 7) is 6.87. The smallest absolute Gasteiger partial charge is 0.234 e. The van der Waals surface area contributed by atoms with E-state index in [0.29, 0.717) is 27.9 Å².